The predicted molar refractivity (Wildman–Crippen MR) is 114 cm³/mol. The fraction of sp³-hybridized carbons (Fsp3) is 0.227. The van der Waals surface area contributed by atoms with Gasteiger partial charge in [-0.25, -0.2) is 9.78 Å². The summed E-state index contributed by atoms with van der Waals surface area (Å²) < 4.78 is 10.6. The Labute approximate surface area is 178 Å². The van der Waals surface area contributed by atoms with Gasteiger partial charge in [-0.1, -0.05) is 30.3 Å². The molecule has 0 saturated carbocycles. The Hall–Kier alpha value is -3.39. The first-order valence-corrected chi connectivity index (χ1v) is 10.1. The molecule has 1 heterocycles. The molecule has 3 rings (SSSR count). The molecule has 0 atom stereocenters. The Balaban J connectivity index is 1.86. The number of rotatable bonds is 9. The van der Waals surface area contributed by atoms with Gasteiger partial charge in [0.2, 0.25) is 0 Å². The van der Waals surface area contributed by atoms with Crippen molar-refractivity contribution < 1.29 is 24.2 Å². The van der Waals surface area contributed by atoms with Gasteiger partial charge >= 0.3 is 5.97 Å². The van der Waals surface area contributed by atoms with E-state index in [1.807, 2.05) is 30.3 Å². The summed E-state index contributed by atoms with van der Waals surface area (Å²) in [5.74, 6) is -0.265. The molecule has 3 aromatic rings. The van der Waals surface area contributed by atoms with Crippen LogP contribution in [0.25, 0.3) is 0 Å². The second-order valence-corrected chi connectivity index (χ2v) is 7.44. The van der Waals surface area contributed by atoms with Crippen molar-refractivity contribution in [2.24, 2.45) is 0 Å². The zero-order valence-corrected chi connectivity index (χ0v) is 17.5. The second kappa shape index (κ2) is 9.89. The molecule has 0 bridgehead atoms. The molecule has 30 heavy (non-hydrogen) atoms. The van der Waals surface area contributed by atoms with Crippen molar-refractivity contribution >= 4 is 23.2 Å². The Bertz CT molecular complexity index is 997. The van der Waals surface area contributed by atoms with Crippen LogP contribution in [0.2, 0.25) is 0 Å². The molecule has 8 heteroatoms. The largest absolute Gasteiger partial charge is 0.497 e. The van der Waals surface area contributed by atoms with E-state index in [0.29, 0.717) is 35.0 Å². The Morgan fingerprint density at radius 1 is 1.07 bits per heavy atom. The van der Waals surface area contributed by atoms with Crippen LogP contribution in [0.15, 0.2) is 53.9 Å². The van der Waals surface area contributed by atoms with Crippen molar-refractivity contribution in [1.82, 2.24) is 9.88 Å². The summed E-state index contributed by atoms with van der Waals surface area (Å²) in [5, 5.41) is 11.2. The van der Waals surface area contributed by atoms with E-state index in [1.165, 1.54) is 30.9 Å². The predicted octanol–water partition coefficient (Wildman–Crippen LogP) is 3.74. The highest BCUT2D eigenvalue weighted by atomic mass is 32.1. The van der Waals surface area contributed by atoms with Crippen LogP contribution < -0.4 is 9.47 Å². The van der Waals surface area contributed by atoms with Crippen LogP contribution in [-0.2, 0) is 13.0 Å². The molecule has 1 N–H and O–H groups in total. The van der Waals surface area contributed by atoms with Gasteiger partial charge in [-0.15, -0.1) is 11.3 Å². The molecule has 7 nitrogen and oxygen atoms in total. The molecule has 0 aliphatic rings. The standard InChI is InChI=1S/C22H22N2O5S/c1-28-17-10-16(11-18(12-17)29-2)21(25)24(9-8-15-6-4-3-5-7-15)13-20-23-19(14-30-20)22(26)27/h3-7,10-12,14H,8-9,13H2,1-2H3,(H,26,27). The van der Waals surface area contributed by atoms with E-state index in [0.717, 1.165) is 5.56 Å². The van der Waals surface area contributed by atoms with Gasteiger partial charge in [-0.2, -0.15) is 0 Å². The maximum absolute atomic E-state index is 13.3. The highest BCUT2D eigenvalue weighted by molar-refractivity contribution is 7.09. The number of carbonyl (C=O) groups is 2. The van der Waals surface area contributed by atoms with Crippen LogP contribution in [0.3, 0.4) is 0 Å². The first-order chi connectivity index (χ1) is 14.5. The van der Waals surface area contributed by atoms with Crippen LogP contribution in [-0.4, -0.2) is 47.6 Å². The number of benzene rings is 2. The second-order valence-electron chi connectivity index (χ2n) is 6.50. The van der Waals surface area contributed by atoms with E-state index < -0.39 is 5.97 Å². The van der Waals surface area contributed by atoms with Crippen LogP contribution in [0.1, 0.15) is 31.4 Å². The monoisotopic (exact) mass is 426 g/mol. The smallest absolute Gasteiger partial charge is 0.355 e. The number of hydrogen-bond donors (Lipinski definition) is 1. The lowest BCUT2D eigenvalue weighted by atomic mass is 10.1. The maximum atomic E-state index is 13.3. The Kier molecular flexibility index (Phi) is 7.03. The van der Waals surface area contributed by atoms with E-state index in [1.54, 1.807) is 23.1 Å². The highest BCUT2D eigenvalue weighted by Crippen LogP contribution is 2.24. The van der Waals surface area contributed by atoms with Gasteiger partial charge in [-0.05, 0) is 24.1 Å². The number of aromatic nitrogens is 1. The summed E-state index contributed by atoms with van der Waals surface area (Å²) in [6, 6.07) is 14.9. The van der Waals surface area contributed by atoms with Gasteiger partial charge in [0.05, 0.1) is 20.8 Å². The van der Waals surface area contributed by atoms with Gasteiger partial charge in [0, 0.05) is 23.6 Å². The minimum Gasteiger partial charge on any atom is -0.497 e. The maximum Gasteiger partial charge on any atom is 0.355 e. The first kappa shape index (κ1) is 21.3. The highest BCUT2D eigenvalue weighted by Gasteiger charge is 2.20. The van der Waals surface area contributed by atoms with E-state index >= 15 is 0 Å². The summed E-state index contributed by atoms with van der Waals surface area (Å²) in [6.07, 6.45) is 0.658. The molecular formula is C22H22N2O5S. The minimum absolute atomic E-state index is 0.0199. The van der Waals surface area contributed by atoms with Gasteiger partial charge in [0.15, 0.2) is 5.69 Å². The average Bonchev–Trinajstić information content (AvgIpc) is 3.25. The van der Waals surface area contributed by atoms with Gasteiger partial charge in [-0.3, -0.25) is 4.79 Å². The number of thiazole rings is 1. The fourth-order valence-electron chi connectivity index (χ4n) is 2.92. The third-order valence-electron chi connectivity index (χ3n) is 4.50. The van der Waals surface area contributed by atoms with Gasteiger partial charge in [0.1, 0.15) is 16.5 Å². The topological polar surface area (TPSA) is 89.0 Å². The van der Waals surface area contributed by atoms with Crippen LogP contribution >= 0.6 is 11.3 Å². The molecule has 0 saturated heterocycles. The summed E-state index contributed by atoms with van der Waals surface area (Å²) >= 11 is 1.22. The number of nitrogens with zero attached hydrogens (tertiary/aromatic N) is 2. The summed E-state index contributed by atoms with van der Waals surface area (Å²) in [7, 11) is 3.05. The van der Waals surface area contributed by atoms with Gasteiger partial charge in [0.25, 0.3) is 5.91 Å². The van der Waals surface area contributed by atoms with E-state index in [4.69, 9.17) is 14.6 Å². The van der Waals surface area contributed by atoms with Crippen molar-refractivity contribution in [2.75, 3.05) is 20.8 Å². The summed E-state index contributed by atoms with van der Waals surface area (Å²) in [4.78, 5) is 30.2. The number of methoxy groups -OCH3 is 2. The Morgan fingerprint density at radius 3 is 2.30 bits per heavy atom. The molecule has 2 aromatic carbocycles. The molecule has 0 aliphatic carbocycles. The average molecular weight is 426 g/mol. The van der Waals surface area contributed by atoms with Gasteiger partial charge < -0.3 is 19.5 Å². The van der Waals surface area contributed by atoms with Crippen molar-refractivity contribution in [3.63, 3.8) is 0 Å². The minimum atomic E-state index is -1.09. The van der Waals surface area contributed by atoms with E-state index in [-0.39, 0.29) is 18.1 Å². The normalized spacial score (nSPS) is 10.5. The summed E-state index contributed by atoms with van der Waals surface area (Å²) in [6.45, 7) is 0.660. The molecule has 1 amide bonds. The molecule has 0 spiro atoms. The molecule has 0 unspecified atom stereocenters. The van der Waals surface area contributed by atoms with Crippen LogP contribution in [0.4, 0.5) is 0 Å². The number of carboxylic acids is 1. The number of amides is 1. The summed E-state index contributed by atoms with van der Waals surface area (Å²) in [5.41, 5.74) is 1.51. The van der Waals surface area contributed by atoms with Crippen molar-refractivity contribution in [2.45, 2.75) is 13.0 Å². The molecule has 0 radical (unpaired) electrons. The molecule has 156 valence electrons. The van der Waals surface area contributed by atoms with E-state index in [9.17, 15) is 9.59 Å². The molecule has 0 aliphatic heterocycles. The van der Waals surface area contributed by atoms with Crippen molar-refractivity contribution in [3.8, 4) is 11.5 Å². The SMILES string of the molecule is COc1cc(OC)cc(C(=O)N(CCc2ccccc2)Cc2nc(C(=O)O)cs2)c1. The number of carbonyl (C=O) groups excluding carboxylic acids is 1. The quantitative estimate of drug-likeness (QED) is 0.561. The van der Waals surface area contributed by atoms with Crippen LogP contribution in [0.5, 0.6) is 11.5 Å². The zero-order valence-electron chi connectivity index (χ0n) is 16.7. The molecule has 1 aromatic heterocycles. The molecular weight excluding hydrogens is 404 g/mol. The lowest BCUT2D eigenvalue weighted by Gasteiger charge is -2.22. The van der Waals surface area contributed by atoms with Crippen molar-refractivity contribution in [1.29, 1.82) is 0 Å². The zero-order chi connectivity index (χ0) is 21.5. The number of aromatic carboxylic acids is 1. The third-order valence-corrected chi connectivity index (χ3v) is 5.33. The fourth-order valence-corrected chi connectivity index (χ4v) is 3.70. The van der Waals surface area contributed by atoms with Crippen molar-refractivity contribution in [3.05, 3.63) is 75.7 Å². The molecule has 0 fully saturated rings. The lowest BCUT2D eigenvalue weighted by molar-refractivity contribution is 0.0691. The number of hydrogen-bond acceptors (Lipinski definition) is 6. The first-order valence-electron chi connectivity index (χ1n) is 9.24. The lowest BCUT2D eigenvalue weighted by Crippen LogP contribution is -2.32. The Morgan fingerprint density at radius 2 is 1.73 bits per heavy atom. The number of ether oxygens (including phenoxy) is 2. The number of carboxylic acid groups (broad SMARTS) is 1. The third kappa shape index (κ3) is 5.36. The van der Waals surface area contributed by atoms with E-state index in [2.05, 4.69) is 4.98 Å². The van der Waals surface area contributed by atoms with Crippen LogP contribution in [0, 0.1) is 0 Å².